The molecule has 5 rings (SSSR count). The zero-order valence-corrected chi connectivity index (χ0v) is 20.0. The minimum Gasteiger partial charge on any atom is -0.379 e. The van der Waals surface area contributed by atoms with Gasteiger partial charge in [0.15, 0.2) is 11.0 Å². The summed E-state index contributed by atoms with van der Waals surface area (Å²) in [5.74, 6) is 1.05. The molecule has 9 nitrogen and oxygen atoms in total. The molecular formula is C23H23N7O2S2. The van der Waals surface area contributed by atoms with E-state index in [4.69, 9.17) is 4.74 Å². The number of aromatic nitrogens is 5. The zero-order valence-electron chi connectivity index (χ0n) is 18.3. The minimum atomic E-state index is -0.182. The summed E-state index contributed by atoms with van der Waals surface area (Å²) in [5, 5.41) is 17.6. The van der Waals surface area contributed by atoms with Gasteiger partial charge in [-0.1, -0.05) is 30.3 Å². The second-order valence-electron chi connectivity index (χ2n) is 7.61. The quantitative estimate of drug-likeness (QED) is 0.373. The fraction of sp³-hybridized carbons (Fsp3) is 0.261. The third-order valence-corrected chi connectivity index (χ3v) is 7.16. The van der Waals surface area contributed by atoms with E-state index in [2.05, 4.69) is 30.7 Å². The Balaban J connectivity index is 1.24. The third-order valence-electron chi connectivity index (χ3n) is 5.28. The van der Waals surface area contributed by atoms with Gasteiger partial charge in [-0.05, 0) is 34.7 Å². The summed E-state index contributed by atoms with van der Waals surface area (Å²) in [6.45, 7) is 4.06. The van der Waals surface area contributed by atoms with Crippen LogP contribution in [0.1, 0.15) is 21.9 Å². The summed E-state index contributed by atoms with van der Waals surface area (Å²) < 4.78 is 7.11. The highest BCUT2D eigenvalue weighted by molar-refractivity contribution is 7.98. The van der Waals surface area contributed by atoms with E-state index in [0.717, 1.165) is 49.1 Å². The number of para-hydroxylation sites is 1. The number of amides is 1. The number of hydrogen-bond donors (Lipinski definition) is 1. The molecule has 4 aromatic rings. The average molecular weight is 494 g/mol. The summed E-state index contributed by atoms with van der Waals surface area (Å²) in [5.41, 5.74) is 2.44. The van der Waals surface area contributed by atoms with Crippen molar-refractivity contribution in [2.24, 2.45) is 0 Å². The molecule has 0 saturated carbocycles. The number of nitrogens with one attached hydrogen (secondary N) is 1. The van der Waals surface area contributed by atoms with Crippen LogP contribution in [0.5, 0.6) is 0 Å². The van der Waals surface area contributed by atoms with Crippen LogP contribution in [-0.2, 0) is 17.0 Å². The zero-order chi connectivity index (χ0) is 23.2. The van der Waals surface area contributed by atoms with Crippen molar-refractivity contribution in [2.75, 3.05) is 31.6 Å². The minimum absolute atomic E-state index is 0.182. The Labute approximate surface area is 205 Å². The molecule has 1 aliphatic rings. The number of benzene rings is 2. The van der Waals surface area contributed by atoms with Crippen LogP contribution in [0.15, 0.2) is 64.9 Å². The highest BCUT2D eigenvalue weighted by Gasteiger charge is 2.17. The summed E-state index contributed by atoms with van der Waals surface area (Å²) >= 11 is 2.96. The highest BCUT2D eigenvalue weighted by Crippen LogP contribution is 2.27. The number of tetrazole rings is 1. The normalized spacial score (nSPS) is 14.2. The molecule has 174 valence electrons. The molecule has 3 heterocycles. The molecule has 0 aliphatic carbocycles. The smallest absolute Gasteiger partial charge is 0.258 e. The van der Waals surface area contributed by atoms with Gasteiger partial charge in [-0.2, -0.15) is 4.68 Å². The number of carbonyl (C=O) groups excluding carboxylic acids is 1. The van der Waals surface area contributed by atoms with Crippen LogP contribution in [0, 0.1) is 0 Å². The summed E-state index contributed by atoms with van der Waals surface area (Å²) in [7, 11) is 0. The summed E-state index contributed by atoms with van der Waals surface area (Å²) in [6.07, 6.45) is 0. The predicted octanol–water partition coefficient (Wildman–Crippen LogP) is 3.50. The van der Waals surface area contributed by atoms with Crippen molar-refractivity contribution < 1.29 is 9.53 Å². The molecule has 1 aliphatic heterocycles. The number of morpholine rings is 1. The van der Waals surface area contributed by atoms with Gasteiger partial charge < -0.3 is 4.74 Å². The lowest BCUT2D eigenvalue weighted by Crippen LogP contribution is -2.35. The molecule has 0 bridgehead atoms. The van der Waals surface area contributed by atoms with E-state index in [1.165, 1.54) is 23.1 Å². The van der Waals surface area contributed by atoms with Gasteiger partial charge in [0, 0.05) is 29.9 Å². The van der Waals surface area contributed by atoms with E-state index in [1.54, 1.807) is 4.68 Å². The number of anilines is 1. The van der Waals surface area contributed by atoms with Gasteiger partial charge in [0.25, 0.3) is 5.91 Å². The second kappa shape index (κ2) is 10.9. The molecular weight excluding hydrogens is 470 g/mol. The molecule has 2 aromatic heterocycles. The summed E-state index contributed by atoms with van der Waals surface area (Å²) in [6, 6.07) is 17.3. The Kier molecular flexibility index (Phi) is 7.25. The lowest BCUT2D eigenvalue weighted by molar-refractivity contribution is 0.0337. The average Bonchev–Trinajstić information content (AvgIpc) is 3.53. The van der Waals surface area contributed by atoms with E-state index < -0.39 is 0 Å². The largest absolute Gasteiger partial charge is 0.379 e. The fourth-order valence-electron chi connectivity index (χ4n) is 3.58. The Bertz CT molecular complexity index is 1240. The van der Waals surface area contributed by atoms with Gasteiger partial charge in [0.1, 0.15) is 0 Å². The van der Waals surface area contributed by atoms with Crippen LogP contribution < -0.4 is 5.32 Å². The van der Waals surface area contributed by atoms with Gasteiger partial charge in [-0.3, -0.25) is 15.0 Å². The van der Waals surface area contributed by atoms with E-state index in [-0.39, 0.29) is 5.91 Å². The number of nitrogens with zero attached hydrogens (tertiary/aromatic N) is 6. The number of rotatable bonds is 8. The van der Waals surface area contributed by atoms with Crippen molar-refractivity contribution in [3.8, 4) is 5.69 Å². The fourth-order valence-corrected chi connectivity index (χ4v) is 5.23. The van der Waals surface area contributed by atoms with Gasteiger partial charge in [-0.25, -0.2) is 4.98 Å². The van der Waals surface area contributed by atoms with Gasteiger partial charge in [0.05, 0.1) is 35.9 Å². The monoisotopic (exact) mass is 493 g/mol. The maximum absolute atomic E-state index is 13.1. The number of hydrogen-bond acceptors (Lipinski definition) is 9. The Hall–Kier alpha value is -3.12. The second-order valence-corrected chi connectivity index (χ2v) is 9.49. The molecule has 0 radical (unpaired) electrons. The Morgan fingerprint density at radius 2 is 1.88 bits per heavy atom. The lowest BCUT2D eigenvalue weighted by Gasteiger charge is -2.25. The molecule has 1 fully saturated rings. The van der Waals surface area contributed by atoms with Crippen LogP contribution in [0.25, 0.3) is 5.69 Å². The van der Waals surface area contributed by atoms with Crippen molar-refractivity contribution in [2.45, 2.75) is 17.2 Å². The van der Waals surface area contributed by atoms with Crippen molar-refractivity contribution in [3.63, 3.8) is 0 Å². The van der Waals surface area contributed by atoms with Crippen molar-refractivity contribution >= 4 is 34.1 Å². The maximum Gasteiger partial charge on any atom is 0.258 e. The molecule has 11 heteroatoms. The molecule has 1 N–H and O–H groups in total. The standard InChI is InChI=1S/C23H23N7O2S2/c31-22(25-23-24-17(15-34-23)14-29-10-12-32-13-11-29)19-8-4-5-9-20(19)33-16-21-26-27-28-30(21)18-6-2-1-3-7-18/h1-9,15H,10-14,16H2,(H,24,25,31). The first-order valence-electron chi connectivity index (χ1n) is 10.9. The van der Waals surface area contributed by atoms with Gasteiger partial charge in [-0.15, -0.1) is 28.2 Å². The third kappa shape index (κ3) is 5.50. The molecule has 0 atom stereocenters. The van der Waals surface area contributed by atoms with Crippen molar-refractivity contribution in [1.82, 2.24) is 30.1 Å². The van der Waals surface area contributed by atoms with Crippen LogP contribution in [0.4, 0.5) is 5.13 Å². The number of thiazole rings is 1. The van der Waals surface area contributed by atoms with Crippen molar-refractivity contribution in [1.29, 1.82) is 0 Å². The van der Waals surface area contributed by atoms with E-state index >= 15 is 0 Å². The maximum atomic E-state index is 13.1. The van der Waals surface area contributed by atoms with E-state index in [9.17, 15) is 4.79 Å². The molecule has 34 heavy (non-hydrogen) atoms. The first kappa shape index (κ1) is 22.7. The van der Waals surface area contributed by atoms with E-state index in [0.29, 0.717) is 22.3 Å². The first-order chi connectivity index (χ1) is 16.8. The van der Waals surface area contributed by atoms with E-state index in [1.807, 2.05) is 60.0 Å². The molecule has 2 aromatic carbocycles. The van der Waals surface area contributed by atoms with Crippen molar-refractivity contribution in [3.05, 3.63) is 77.1 Å². The highest BCUT2D eigenvalue weighted by atomic mass is 32.2. The number of carbonyl (C=O) groups is 1. The SMILES string of the molecule is O=C(Nc1nc(CN2CCOCC2)cs1)c1ccccc1SCc1nnnn1-c1ccccc1. The molecule has 1 amide bonds. The Morgan fingerprint density at radius 3 is 2.74 bits per heavy atom. The molecule has 0 spiro atoms. The molecule has 1 saturated heterocycles. The number of ether oxygens (including phenoxy) is 1. The lowest BCUT2D eigenvalue weighted by atomic mass is 10.2. The van der Waals surface area contributed by atoms with Crippen LogP contribution in [0.3, 0.4) is 0 Å². The Morgan fingerprint density at radius 1 is 1.09 bits per heavy atom. The van der Waals surface area contributed by atoms with Crippen LogP contribution in [-0.4, -0.2) is 62.3 Å². The predicted molar refractivity (Wildman–Crippen MR) is 131 cm³/mol. The van der Waals surface area contributed by atoms with Gasteiger partial charge >= 0.3 is 0 Å². The first-order valence-corrected chi connectivity index (χ1v) is 12.7. The van der Waals surface area contributed by atoms with Crippen LogP contribution >= 0.6 is 23.1 Å². The summed E-state index contributed by atoms with van der Waals surface area (Å²) in [4.78, 5) is 20.8. The van der Waals surface area contributed by atoms with Gasteiger partial charge in [0.2, 0.25) is 0 Å². The number of thioether (sulfide) groups is 1. The topological polar surface area (TPSA) is 98.1 Å². The molecule has 0 unspecified atom stereocenters. The van der Waals surface area contributed by atoms with Crippen LogP contribution in [0.2, 0.25) is 0 Å².